The third kappa shape index (κ3) is 3.87. The molecule has 1 unspecified atom stereocenters. The molecule has 106 valence electrons. The van der Waals surface area contributed by atoms with E-state index >= 15 is 0 Å². The van der Waals surface area contributed by atoms with Crippen molar-refractivity contribution in [3.63, 3.8) is 0 Å². The van der Waals surface area contributed by atoms with Gasteiger partial charge in [0.15, 0.2) is 0 Å². The van der Waals surface area contributed by atoms with E-state index in [1.807, 2.05) is 6.07 Å². The molecular formula is C16H25ClN2. The summed E-state index contributed by atoms with van der Waals surface area (Å²) < 4.78 is 0. The number of hydrogen-bond acceptors (Lipinski definition) is 2. The van der Waals surface area contributed by atoms with E-state index in [1.54, 1.807) is 0 Å². The van der Waals surface area contributed by atoms with Crippen molar-refractivity contribution in [3.05, 3.63) is 28.8 Å². The summed E-state index contributed by atoms with van der Waals surface area (Å²) in [7, 11) is 0. The van der Waals surface area contributed by atoms with Crippen LogP contribution in [0.1, 0.15) is 45.6 Å². The minimum Gasteiger partial charge on any atom is -0.369 e. The zero-order valence-corrected chi connectivity index (χ0v) is 13.0. The first-order valence-corrected chi connectivity index (χ1v) is 7.74. The highest BCUT2D eigenvalue weighted by Gasteiger charge is 2.20. The molecule has 2 nitrogen and oxygen atoms in total. The van der Waals surface area contributed by atoms with Crippen molar-refractivity contribution in [2.75, 3.05) is 11.4 Å². The molecule has 19 heavy (non-hydrogen) atoms. The van der Waals surface area contributed by atoms with Gasteiger partial charge in [-0.25, -0.2) is 0 Å². The van der Waals surface area contributed by atoms with Gasteiger partial charge in [0.05, 0.1) is 0 Å². The van der Waals surface area contributed by atoms with E-state index in [1.165, 1.54) is 30.5 Å². The van der Waals surface area contributed by atoms with Gasteiger partial charge in [0.2, 0.25) is 0 Å². The maximum absolute atomic E-state index is 6.16. The normalized spacial score (nSPS) is 20.1. The SMILES string of the molecule is CC(C)NCc1cc(Cl)ccc1N1CCCCC1C. The summed E-state index contributed by atoms with van der Waals surface area (Å²) in [6, 6.07) is 7.42. The first-order chi connectivity index (χ1) is 9.08. The Labute approximate surface area is 122 Å². The van der Waals surface area contributed by atoms with Gasteiger partial charge in [0.25, 0.3) is 0 Å². The minimum atomic E-state index is 0.491. The summed E-state index contributed by atoms with van der Waals surface area (Å²) in [6.45, 7) is 8.73. The molecule has 0 bridgehead atoms. The predicted octanol–water partition coefficient (Wildman–Crippen LogP) is 4.22. The predicted molar refractivity (Wildman–Crippen MR) is 84.1 cm³/mol. The average Bonchev–Trinajstić information content (AvgIpc) is 2.37. The highest BCUT2D eigenvalue weighted by atomic mass is 35.5. The second kappa shape index (κ2) is 6.62. The molecule has 2 rings (SSSR count). The van der Waals surface area contributed by atoms with E-state index in [9.17, 15) is 0 Å². The van der Waals surface area contributed by atoms with Crippen LogP contribution < -0.4 is 10.2 Å². The van der Waals surface area contributed by atoms with Crippen molar-refractivity contribution in [1.29, 1.82) is 0 Å². The van der Waals surface area contributed by atoms with E-state index in [4.69, 9.17) is 11.6 Å². The van der Waals surface area contributed by atoms with E-state index in [-0.39, 0.29) is 0 Å². The number of anilines is 1. The highest BCUT2D eigenvalue weighted by molar-refractivity contribution is 6.30. The van der Waals surface area contributed by atoms with Crippen molar-refractivity contribution in [2.45, 2.75) is 58.7 Å². The smallest absolute Gasteiger partial charge is 0.0415 e. The van der Waals surface area contributed by atoms with Crippen LogP contribution in [0.3, 0.4) is 0 Å². The molecule has 1 atom stereocenters. The van der Waals surface area contributed by atoms with Crippen LogP contribution >= 0.6 is 11.6 Å². The monoisotopic (exact) mass is 280 g/mol. The zero-order chi connectivity index (χ0) is 13.8. The Balaban J connectivity index is 2.22. The molecule has 0 aliphatic carbocycles. The third-order valence-corrected chi connectivity index (χ3v) is 4.09. The Bertz CT molecular complexity index is 417. The molecule has 0 aromatic heterocycles. The summed E-state index contributed by atoms with van der Waals surface area (Å²) in [5.74, 6) is 0. The summed E-state index contributed by atoms with van der Waals surface area (Å²) in [5.41, 5.74) is 2.67. The Morgan fingerprint density at radius 3 is 2.84 bits per heavy atom. The lowest BCUT2D eigenvalue weighted by Crippen LogP contribution is -2.38. The van der Waals surface area contributed by atoms with Gasteiger partial charge >= 0.3 is 0 Å². The average molecular weight is 281 g/mol. The van der Waals surface area contributed by atoms with E-state index in [0.717, 1.165) is 18.1 Å². The Morgan fingerprint density at radius 1 is 1.37 bits per heavy atom. The molecule has 0 saturated carbocycles. The molecule has 0 amide bonds. The molecule has 1 aromatic rings. The molecule has 0 spiro atoms. The number of piperidine rings is 1. The van der Waals surface area contributed by atoms with Crippen LogP contribution in [0.2, 0.25) is 5.02 Å². The van der Waals surface area contributed by atoms with E-state index in [2.05, 4.69) is 43.1 Å². The Hall–Kier alpha value is -0.730. The van der Waals surface area contributed by atoms with Crippen LogP contribution in [-0.2, 0) is 6.54 Å². The summed E-state index contributed by atoms with van der Waals surface area (Å²) in [4.78, 5) is 2.54. The molecule has 1 heterocycles. The topological polar surface area (TPSA) is 15.3 Å². The fraction of sp³-hybridized carbons (Fsp3) is 0.625. The molecule has 0 radical (unpaired) electrons. The molecule has 3 heteroatoms. The summed E-state index contributed by atoms with van der Waals surface area (Å²) >= 11 is 6.16. The van der Waals surface area contributed by atoms with Gasteiger partial charge in [-0.1, -0.05) is 25.4 Å². The van der Waals surface area contributed by atoms with Gasteiger partial charge in [0, 0.05) is 35.9 Å². The number of benzene rings is 1. The van der Waals surface area contributed by atoms with Gasteiger partial charge in [-0.05, 0) is 49.9 Å². The van der Waals surface area contributed by atoms with Crippen LogP contribution in [0.15, 0.2) is 18.2 Å². The van der Waals surface area contributed by atoms with E-state index in [0.29, 0.717) is 12.1 Å². The van der Waals surface area contributed by atoms with Gasteiger partial charge in [-0.15, -0.1) is 0 Å². The molecule has 1 fully saturated rings. The Morgan fingerprint density at radius 2 is 2.16 bits per heavy atom. The number of nitrogens with zero attached hydrogens (tertiary/aromatic N) is 1. The standard InChI is InChI=1S/C16H25ClN2/c1-12(2)18-11-14-10-15(17)7-8-16(14)19-9-5-4-6-13(19)3/h7-8,10,12-13,18H,4-6,9,11H2,1-3H3. The lowest BCUT2D eigenvalue weighted by Gasteiger charge is -2.37. The zero-order valence-electron chi connectivity index (χ0n) is 12.2. The Kier molecular flexibility index (Phi) is 5.12. The first-order valence-electron chi connectivity index (χ1n) is 7.36. The lowest BCUT2D eigenvalue weighted by molar-refractivity contribution is 0.482. The molecule has 1 saturated heterocycles. The van der Waals surface area contributed by atoms with E-state index < -0.39 is 0 Å². The van der Waals surface area contributed by atoms with Crippen LogP contribution in [0, 0.1) is 0 Å². The van der Waals surface area contributed by atoms with Crippen LogP contribution in [-0.4, -0.2) is 18.6 Å². The fourth-order valence-corrected chi connectivity index (χ4v) is 2.94. The third-order valence-electron chi connectivity index (χ3n) is 3.85. The van der Waals surface area contributed by atoms with Gasteiger partial charge in [-0.2, -0.15) is 0 Å². The second-order valence-electron chi connectivity index (χ2n) is 5.85. The van der Waals surface area contributed by atoms with Crippen LogP contribution in [0.4, 0.5) is 5.69 Å². The molecule has 1 aliphatic rings. The molecule has 1 N–H and O–H groups in total. The number of halogens is 1. The van der Waals surface area contributed by atoms with Gasteiger partial charge in [-0.3, -0.25) is 0 Å². The summed E-state index contributed by atoms with van der Waals surface area (Å²) in [6.07, 6.45) is 3.94. The number of hydrogen-bond donors (Lipinski definition) is 1. The quantitative estimate of drug-likeness (QED) is 0.888. The van der Waals surface area contributed by atoms with Gasteiger partial charge < -0.3 is 10.2 Å². The van der Waals surface area contributed by atoms with Gasteiger partial charge in [0.1, 0.15) is 0 Å². The highest BCUT2D eigenvalue weighted by Crippen LogP contribution is 2.30. The maximum Gasteiger partial charge on any atom is 0.0415 e. The summed E-state index contributed by atoms with van der Waals surface area (Å²) in [5, 5.41) is 4.33. The largest absolute Gasteiger partial charge is 0.369 e. The van der Waals surface area contributed by atoms with Crippen molar-refractivity contribution in [2.24, 2.45) is 0 Å². The van der Waals surface area contributed by atoms with Crippen LogP contribution in [0.5, 0.6) is 0 Å². The second-order valence-corrected chi connectivity index (χ2v) is 6.28. The molecule has 1 aliphatic heterocycles. The van der Waals surface area contributed by atoms with Crippen molar-refractivity contribution >= 4 is 17.3 Å². The van der Waals surface area contributed by atoms with Crippen molar-refractivity contribution in [1.82, 2.24) is 5.32 Å². The fourth-order valence-electron chi connectivity index (χ4n) is 2.75. The van der Waals surface area contributed by atoms with Crippen LogP contribution in [0.25, 0.3) is 0 Å². The minimum absolute atomic E-state index is 0.491. The molecule has 1 aromatic carbocycles. The lowest BCUT2D eigenvalue weighted by atomic mass is 10.0. The molecular weight excluding hydrogens is 256 g/mol. The number of rotatable bonds is 4. The number of nitrogens with one attached hydrogen (secondary N) is 1. The van der Waals surface area contributed by atoms with Crippen molar-refractivity contribution in [3.8, 4) is 0 Å². The van der Waals surface area contributed by atoms with Crippen molar-refractivity contribution < 1.29 is 0 Å². The first kappa shape index (κ1) is 14.7. The maximum atomic E-state index is 6.16.